The summed E-state index contributed by atoms with van der Waals surface area (Å²) in [4.78, 5) is 14.4. The number of nitrogens with one attached hydrogen (secondary N) is 2. The Kier molecular flexibility index (Phi) is 6.89. The summed E-state index contributed by atoms with van der Waals surface area (Å²) >= 11 is 0. The zero-order valence-corrected chi connectivity index (χ0v) is 20.5. The molecule has 10 heteroatoms. The van der Waals surface area contributed by atoms with E-state index in [1.54, 1.807) is 42.5 Å². The van der Waals surface area contributed by atoms with Crippen molar-refractivity contribution in [3.63, 3.8) is 0 Å². The molecule has 4 rings (SSSR count). The van der Waals surface area contributed by atoms with E-state index in [9.17, 15) is 22.0 Å². The second kappa shape index (κ2) is 9.46. The van der Waals surface area contributed by atoms with Crippen LogP contribution in [0.4, 0.5) is 18.0 Å². The maximum atomic E-state index is 15.6. The van der Waals surface area contributed by atoms with Crippen molar-refractivity contribution in [1.29, 1.82) is 0 Å². The Hall–Kier alpha value is -2.59. The maximum absolute atomic E-state index is 15.6. The highest BCUT2D eigenvalue weighted by Gasteiger charge is 2.61. The van der Waals surface area contributed by atoms with Crippen LogP contribution in [0, 0.1) is 11.2 Å². The van der Waals surface area contributed by atoms with Crippen molar-refractivity contribution in [3.05, 3.63) is 59.9 Å². The molecule has 2 atom stereocenters. The number of hydrogen-bond donors (Lipinski definition) is 2. The molecule has 6 nitrogen and oxygen atoms in total. The minimum atomic E-state index is -3.63. The Morgan fingerprint density at radius 3 is 2.43 bits per heavy atom. The van der Waals surface area contributed by atoms with Crippen molar-refractivity contribution in [3.8, 4) is 11.1 Å². The number of amides is 2. The molecule has 0 bridgehead atoms. The molecule has 2 aromatic carbocycles. The van der Waals surface area contributed by atoms with Gasteiger partial charge in [0.1, 0.15) is 5.82 Å². The SMILES string of the molecule is CCS(=O)(=O)N[C@@H]1[C@H](Cc2cccc(-c3ccccc3)c2F)N(C(=O)NCC(C)(F)F)CC12CC2. The highest BCUT2D eigenvalue weighted by atomic mass is 32.2. The second-order valence-electron chi connectivity index (χ2n) is 9.63. The topological polar surface area (TPSA) is 78.5 Å². The second-order valence-corrected chi connectivity index (χ2v) is 11.7. The lowest BCUT2D eigenvalue weighted by Gasteiger charge is -2.30. The first-order valence-electron chi connectivity index (χ1n) is 11.7. The number of carbonyl (C=O) groups excluding carboxylic acids is 1. The molecule has 1 aliphatic heterocycles. The molecule has 2 aliphatic rings. The van der Waals surface area contributed by atoms with Gasteiger partial charge in [-0.3, -0.25) is 0 Å². The third-order valence-corrected chi connectivity index (χ3v) is 8.29. The van der Waals surface area contributed by atoms with E-state index in [1.165, 1.54) is 11.8 Å². The molecule has 0 aromatic heterocycles. The largest absolute Gasteiger partial charge is 0.332 e. The predicted molar refractivity (Wildman–Crippen MR) is 128 cm³/mol. The molecule has 2 amide bonds. The average molecular weight is 510 g/mol. The molecular formula is C25H30F3N3O3S. The zero-order valence-electron chi connectivity index (χ0n) is 19.7. The van der Waals surface area contributed by atoms with Crippen LogP contribution < -0.4 is 10.0 Å². The molecule has 1 aliphatic carbocycles. The molecule has 1 saturated carbocycles. The van der Waals surface area contributed by atoms with Gasteiger partial charge in [-0.2, -0.15) is 0 Å². The van der Waals surface area contributed by atoms with Crippen LogP contribution in [0.1, 0.15) is 32.3 Å². The van der Waals surface area contributed by atoms with Gasteiger partial charge in [0.2, 0.25) is 10.0 Å². The summed E-state index contributed by atoms with van der Waals surface area (Å²) in [6.07, 6.45) is 1.43. The number of urea groups is 1. The summed E-state index contributed by atoms with van der Waals surface area (Å²) in [5, 5.41) is 2.26. The molecule has 35 heavy (non-hydrogen) atoms. The summed E-state index contributed by atoms with van der Waals surface area (Å²) in [7, 11) is -3.63. The van der Waals surface area contributed by atoms with E-state index in [2.05, 4.69) is 10.0 Å². The molecular weight excluding hydrogens is 479 g/mol. The lowest BCUT2D eigenvalue weighted by Crippen LogP contribution is -2.52. The fraction of sp³-hybridized carbons (Fsp3) is 0.480. The van der Waals surface area contributed by atoms with E-state index in [0.29, 0.717) is 36.5 Å². The smallest absolute Gasteiger partial charge is 0.317 e. The van der Waals surface area contributed by atoms with Gasteiger partial charge in [-0.15, -0.1) is 0 Å². The van der Waals surface area contributed by atoms with Gasteiger partial charge < -0.3 is 10.2 Å². The van der Waals surface area contributed by atoms with Gasteiger partial charge in [-0.25, -0.2) is 31.1 Å². The molecule has 0 radical (unpaired) electrons. The highest BCUT2D eigenvalue weighted by Crippen LogP contribution is 2.55. The van der Waals surface area contributed by atoms with Crippen LogP contribution in [-0.4, -0.2) is 56.2 Å². The number of nitrogens with zero attached hydrogens (tertiary/aromatic N) is 1. The number of sulfonamides is 1. The van der Waals surface area contributed by atoms with E-state index in [1.807, 2.05) is 6.07 Å². The summed E-state index contributed by atoms with van der Waals surface area (Å²) in [6.45, 7) is 1.60. The first kappa shape index (κ1) is 25.5. The number of carbonyl (C=O) groups is 1. The standard InChI is InChI=1S/C25H30F3N3O3S/c1-3-35(33,34)30-22-20(31(16-25(22)12-13-25)23(32)29-15-24(2,27)28)14-18-10-7-11-19(21(18)26)17-8-5-4-6-9-17/h4-11,20,22,30H,3,12-16H2,1-2H3,(H,29,32)/t20-,22+/m0/s1. The number of halogens is 3. The third-order valence-electron chi connectivity index (χ3n) is 6.91. The van der Waals surface area contributed by atoms with E-state index in [-0.39, 0.29) is 18.7 Å². The molecule has 190 valence electrons. The number of likely N-dealkylation sites (tertiary alicyclic amines) is 1. The summed E-state index contributed by atoms with van der Waals surface area (Å²) < 4.78 is 70.2. The Balaban J connectivity index is 1.68. The monoisotopic (exact) mass is 509 g/mol. The number of benzene rings is 2. The Labute approximate surface area is 203 Å². The van der Waals surface area contributed by atoms with Crippen molar-refractivity contribution in [2.24, 2.45) is 5.41 Å². The van der Waals surface area contributed by atoms with Gasteiger partial charge in [-0.05, 0) is 37.3 Å². The van der Waals surface area contributed by atoms with Crippen LogP contribution in [0.2, 0.25) is 0 Å². The molecule has 2 fully saturated rings. The van der Waals surface area contributed by atoms with E-state index < -0.39 is 51.8 Å². The van der Waals surface area contributed by atoms with Crippen molar-refractivity contribution >= 4 is 16.1 Å². The van der Waals surface area contributed by atoms with Crippen LogP contribution in [0.5, 0.6) is 0 Å². The zero-order chi connectivity index (χ0) is 25.4. The van der Waals surface area contributed by atoms with E-state index >= 15 is 4.39 Å². The van der Waals surface area contributed by atoms with Gasteiger partial charge in [0.25, 0.3) is 5.92 Å². The highest BCUT2D eigenvalue weighted by molar-refractivity contribution is 7.89. The molecule has 1 spiro atoms. The lowest BCUT2D eigenvalue weighted by molar-refractivity contribution is 0.0237. The van der Waals surface area contributed by atoms with Gasteiger partial charge in [0.05, 0.1) is 18.3 Å². The Bertz CT molecular complexity index is 1180. The minimum absolute atomic E-state index is 0.0428. The summed E-state index contributed by atoms with van der Waals surface area (Å²) in [5.41, 5.74) is 0.940. The fourth-order valence-corrected chi connectivity index (χ4v) is 5.80. The summed E-state index contributed by atoms with van der Waals surface area (Å²) in [5.74, 6) is -3.69. The lowest BCUT2D eigenvalue weighted by atomic mass is 9.91. The van der Waals surface area contributed by atoms with E-state index in [4.69, 9.17) is 0 Å². The van der Waals surface area contributed by atoms with Crippen molar-refractivity contribution in [2.45, 2.75) is 51.1 Å². The van der Waals surface area contributed by atoms with Crippen LogP contribution in [0.25, 0.3) is 11.1 Å². The fourth-order valence-electron chi connectivity index (χ4n) is 4.84. The van der Waals surface area contributed by atoms with Gasteiger partial charge in [0.15, 0.2) is 0 Å². The average Bonchev–Trinajstić information content (AvgIpc) is 3.54. The van der Waals surface area contributed by atoms with Crippen LogP contribution >= 0.6 is 0 Å². The number of hydrogen-bond acceptors (Lipinski definition) is 3. The van der Waals surface area contributed by atoms with Gasteiger partial charge in [0, 0.05) is 30.5 Å². The Morgan fingerprint density at radius 2 is 1.83 bits per heavy atom. The van der Waals surface area contributed by atoms with Crippen molar-refractivity contribution < 1.29 is 26.4 Å². The molecule has 1 heterocycles. The number of alkyl halides is 2. The van der Waals surface area contributed by atoms with Crippen LogP contribution in [0.3, 0.4) is 0 Å². The molecule has 0 unspecified atom stereocenters. The first-order valence-corrected chi connectivity index (χ1v) is 13.3. The van der Waals surface area contributed by atoms with Crippen molar-refractivity contribution in [1.82, 2.24) is 14.9 Å². The van der Waals surface area contributed by atoms with Crippen LogP contribution in [-0.2, 0) is 16.4 Å². The third kappa shape index (κ3) is 5.64. The minimum Gasteiger partial charge on any atom is -0.332 e. The van der Waals surface area contributed by atoms with E-state index in [0.717, 1.165) is 0 Å². The van der Waals surface area contributed by atoms with Gasteiger partial charge in [-0.1, -0.05) is 48.5 Å². The molecule has 1 saturated heterocycles. The van der Waals surface area contributed by atoms with Gasteiger partial charge >= 0.3 is 6.03 Å². The summed E-state index contributed by atoms with van der Waals surface area (Å²) in [6, 6.07) is 11.9. The normalized spacial score (nSPS) is 21.3. The molecule has 2 aromatic rings. The predicted octanol–water partition coefficient (Wildman–Crippen LogP) is 4.17. The van der Waals surface area contributed by atoms with Crippen molar-refractivity contribution in [2.75, 3.05) is 18.8 Å². The first-order chi connectivity index (χ1) is 16.4. The number of rotatable bonds is 8. The quantitative estimate of drug-likeness (QED) is 0.561. The Morgan fingerprint density at radius 1 is 1.14 bits per heavy atom. The molecule has 2 N–H and O–H groups in total. The van der Waals surface area contributed by atoms with Crippen LogP contribution in [0.15, 0.2) is 48.5 Å². The maximum Gasteiger partial charge on any atom is 0.317 e.